The highest BCUT2D eigenvalue weighted by atomic mass is 79.9. The number of hydrogen-bond donors (Lipinski definition) is 1. The van der Waals surface area contributed by atoms with Crippen molar-refractivity contribution in [2.45, 2.75) is 57.4 Å². The van der Waals surface area contributed by atoms with Gasteiger partial charge in [0.05, 0.1) is 0 Å². The van der Waals surface area contributed by atoms with E-state index in [0.29, 0.717) is 5.92 Å². The quantitative estimate of drug-likeness (QED) is 0.790. The molecule has 1 unspecified atom stereocenters. The van der Waals surface area contributed by atoms with Gasteiger partial charge in [-0.05, 0) is 31.6 Å². The van der Waals surface area contributed by atoms with Crippen LogP contribution in [0.1, 0.15) is 51.9 Å². The summed E-state index contributed by atoms with van der Waals surface area (Å²) in [5.41, 5.74) is 0.0541. The van der Waals surface area contributed by atoms with Crippen molar-refractivity contribution >= 4 is 21.8 Å². The minimum absolute atomic E-state index is 0.0541. The van der Waals surface area contributed by atoms with Crippen LogP contribution in [-0.4, -0.2) is 16.8 Å². The van der Waals surface area contributed by atoms with Crippen LogP contribution in [-0.2, 0) is 4.79 Å². The molecule has 2 aliphatic carbocycles. The third-order valence-corrected chi connectivity index (χ3v) is 5.27. The SMILES string of the molecule is CC(C(=O)NC1(CBr)CCCCC1)C1CC1. The van der Waals surface area contributed by atoms with Gasteiger partial charge in [0.2, 0.25) is 5.91 Å². The molecule has 2 saturated carbocycles. The zero-order valence-electron chi connectivity index (χ0n) is 10.1. The molecule has 0 heterocycles. The third kappa shape index (κ3) is 2.79. The monoisotopic (exact) mass is 287 g/mol. The molecule has 1 amide bonds. The van der Waals surface area contributed by atoms with Gasteiger partial charge < -0.3 is 5.32 Å². The molecule has 16 heavy (non-hydrogen) atoms. The summed E-state index contributed by atoms with van der Waals surface area (Å²) >= 11 is 3.58. The largest absolute Gasteiger partial charge is 0.350 e. The lowest BCUT2D eigenvalue weighted by Gasteiger charge is -2.37. The van der Waals surface area contributed by atoms with Gasteiger partial charge in [-0.2, -0.15) is 0 Å². The smallest absolute Gasteiger partial charge is 0.223 e. The van der Waals surface area contributed by atoms with E-state index in [4.69, 9.17) is 0 Å². The Hall–Kier alpha value is -0.0500. The van der Waals surface area contributed by atoms with Crippen molar-refractivity contribution in [2.75, 3.05) is 5.33 Å². The van der Waals surface area contributed by atoms with Crippen LogP contribution in [0.25, 0.3) is 0 Å². The minimum Gasteiger partial charge on any atom is -0.350 e. The lowest BCUT2D eigenvalue weighted by atomic mass is 9.83. The summed E-state index contributed by atoms with van der Waals surface area (Å²) in [5, 5.41) is 4.22. The maximum atomic E-state index is 12.1. The molecule has 0 saturated heterocycles. The molecule has 1 atom stereocenters. The topological polar surface area (TPSA) is 29.1 Å². The summed E-state index contributed by atoms with van der Waals surface area (Å²) in [6.07, 6.45) is 8.60. The number of amides is 1. The van der Waals surface area contributed by atoms with Crippen LogP contribution < -0.4 is 5.32 Å². The van der Waals surface area contributed by atoms with E-state index in [1.54, 1.807) is 0 Å². The van der Waals surface area contributed by atoms with E-state index < -0.39 is 0 Å². The normalized spacial score (nSPS) is 26.1. The highest BCUT2D eigenvalue weighted by Gasteiger charge is 2.37. The van der Waals surface area contributed by atoms with Gasteiger partial charge in [0.15, 0.2) is 0 Å². The Morgan fingerprint density at radius 3 is 2.50 bits per heavy atom. The molecule has 2 aliphatic rings. The molecule has 3 heteroatoms. The van der Waals surface area contributed by atoms with Crippen LogP contribution in [0.3, 0.4) is 0 Å². The zero-order chi connectivity index (χ0) is 11.6. The van der Waals surface area contributed by atoms with Crippen molar-refractivity contribution in [1.82, 2.24) is 5.32 Å². The Labute approximate surface area is 107 Å². The maximum Gasteiger partial charge on any atom is 0.223 e. The van der Waals surface area contributed by atoms with E-state index in [0.717, 1.165) is 18.2 Å². The van der Waals surface area contributed by atoms with Crippen LogP contribution >= 0.6 is 15.9 Å². The number of halogens is 1. The Balaban J connectivity index is 1.91. The van der Waals surface area contributed by atoms with Crippen LogP contribution in [0.15, 0.2) is 0 Å². The molecule has 0 aromatic heterocycles. The molecule has 0 aromatic carbocycles. The molecule has 2 nitrogen and oxygen atoms in total. The van der Waals surface area contributed by atoms with E-state index in [9.17, 15) is 4.79 Å². The average molecular weight is 288 g/mol. The van der Waals surface area contributed by atoms with Gasteiger partial charge >= 0.3 is 0 Å². The fourth-order valence-electron chi connectivity index (χ4n) is 2.71. The first-order chi connectivity index (χ1) is 7.67. The van der Waals surface area contributed by atoms with Crippen molar-refractivity contribution in [3.05, 3.63) is 0 Å². The minimum atomic E-state index is 0.0541. The second-order valence-corrected chi connectivity index (χ2v) is 6.15. The van der Waals surface area contributed by atoms with Crippen molar-refractivity contribution < 1.29 is 4.79 Å². The molecule has 0 radical (unpaired) electrons. The van der Waals surface area contributed by atoms with E-state index >= 15 is 0 Å². The van der Waals surface area contributed by atoms with Crippen molar-refractivity contribution in [3.63, 3.8) is 0 Å². The molecular formula is C13H22BrNO. The molecule has 0 bridgehead atoms. The number of hydrogen-bond acceptors (Lipinski definition) is 1. The summed E-state index contributed by atoms with van der Waals surface area (Å²) in [5.74, 6) is 1.16. The summed E-state index contributed by atoms with van der Waals surface area (Å²) in [4.78, 5) is 12.1. The van der Waals surface area contributed by atoms with Crippen molar-refractivity contribution in [2.24, 2.45) is 11.8 Å². The predicted molar refractivity (Wildman–Crippen MR) is 69.6 cm³/mol. The molecule has 2 rings (SSSR count). The number of nitrogens with one attached hydrogen (secondary N) is 1. The van der Waals surface area contributed by atoms with Gasteiger partial charge in [0, 0.05) is 16.8 Å². The average Bonchev–Trinajstić information content (AvgIpc) is 3.13. The van der Waals surface area contributed by atoms with Crippen molar-refractivity contribution in [3.8, 4) is 0 Å². The van der Waals surface area contributed by atoms with Gasteiger partial charge in [0.1, 0.15) is 0 Å². The first-order valence-corrected chi connectivity index (χ1v) is 7.67. The van der Waals surface area contributed by atoms with E-state index in [-0.39, 0.29) is 17.4 Å². The zero-order valence-corrected chi connectivity index (χ0v) is 11.7. The number of alkyl halides is 1. The van der Waals surface area contributed by atoms with Crippen LogP contribution in [0, 0.1) is 11.8 Å². The van der Waals surface area contributed by atoms with Gasteiger partial charge in [0.25, 0.3) is 0 Å². The van der Waals surface area contributed by atoms with Gasteiger partial charge in [-0.15, -0.1) is 0 Å². The van der Waals surface area contributed by atoms with E-state index in [1.807, 2.05) is 0 Å². The number of carbonyl (C=O) groups is 1. The second-order valence-electron chi connectivity index (χ2n) is 5.59. The van der Waals surface area contributed by atoms with E-state index in [2.05, 4.69) is 28.2 Å². The second kappa shape index (κ2) is 5.07. The maximum absolute atomic E-state index is 12.1. The van der Waals surface area contributed by atoms with E-state index in [1.165, 1.54) is 32.1 Å². The molecule has 92 valence electrons. The summed E-state index contributed by atoms with van der Waals surface area (Å²) in [6, 6.07) is 0. The van der Waals surface area contributed by atoms with Gasteiger partial charge in [-0.25, -0.2) is 0 Å². The highest BCUT2D eigenvalue weighted by molar-refractivity contribution is 9.09. The van der Waals surface area contributed by atoms with Crippen molar-refractivity contribution in [1.29, 1.82) is 0 Å². The molecule has 0 aromatic rings. The predicted octanol–water partition coefficient (Wildman–Crippen LogP) is 3.25. The first kappa shape index (κ1) is 12.4. The van der Waals surface area contributed by atoms with Crippen LogP contribution in [0.2, 0.25) is 0 Å². The lowest BCUT2D eigenvalue weighted by Crippen LogP contribution is -2.52. The standard InChI is InChI=1S/C13H22BrNO/c1-10(11-5-6-11)12(16)15-13(9-14)7-3-2-4-8-13/h10-11H,2-9H2,1H3,(H,15,16). The molecule has 1 N–H and O–H groups in total. The van der Waals surface area contributed by atoms with Crippen LogP contribution in [0.5, 0.6) is 0 Å². The summed E-state index contributed by atoms with van der Waals surface area (Å²) in [6.45, 7) is 2.08. The Bertz CT molecular complexity index is 257. The molecule has 0 spiro atoms. The number of carbonyl (C=O) groups excluding carboxylic acids is 1. The highest BCUT2D eigenvalue weighted by Crippen LogP contribution is 2.37. The fraction of sp³-hybridized carbons (Fsp3) is 0.923. The first-order valence-electron chi connectivity index (χ1n) is 6.55. The van der Waals surface area contributed by atoms with Crippen LogP contribution in [0.4, 0.5) is 0 Å². The molecule has 0 aliphatic heterocycles. The van der Waals surface area contributed by atoms with Gasteiger partial charge in [-0.3, -0.25) is 4.79 Å². The Morgan fingerprint density at radius 2 is 2.00 bits per heavy atom. The molecular weight excluding hydrogens is 266 g/mol. The van der Waals surface area contributed by atoms with Gasteiger partial charge in [-0.1, -0.05) is 42.1 Å². The number of rotatable bonds is 4. The molecule has 2 fully saturated rings. The third-order valence-electron chi connectivity index (χ3n) is 4.20. The summed E-state index contributed by atoms with van der Waals surface area (Å²) < 4.78 is 0. The fourth-order valence-corrected chi connectivity index (χ4v) is 3.41. The summed E-state index contributed by atoms with van der Waals surface area (Å²) in [7, 11) is 0. The Kier molecular flexibility index (Phi) is 3.93. The lowest BCUT2D eigenvalue weighted by molar-refractivity contribution is -0.127. The Morgan fingerprint density at radius 1 is 1.38 bits per heavy atom.